The number of hydrogen-bond donors (Lipinski definition) is 1. The maximum atomic E-state index is 12.5. The molecule has 0 spiro atoms. The summed E-state index contributed by atoms with van der Waals surface area (Å²) in [6.45, 7) is 0.154. The first kappa shape index (κ1) is 19.8. The number of amidine groups is 2. The third-order valence-electron chi connectivity index (χ3n) is 4.09. The van der Waals surface area contributed by atoms with Gasteiger partial charge in [-0.15, -0.1) is 0 Å². The summed E-state index contributed by atoms with van der Waals surface area (Å²) in [6.07, 6.45) is 1.30. The number of aliphatic imine (C=N–C) groups is 1. The summed E-state index contributed by atoms with van der Waals surface area (Å²) in [5.41, 5.74) is -0.0165. The van der Waals surface area contributed by atoms with Crippen molar-refractivity contribution in [2.45, 2.75) is 0 Å². The molecule has 0 saturated carbocycles. The Balaban J connectivity index is 1.58. The first-order valence-electron chi connectivity index (χ1n) is 8.53. The molecule has 2 heterocycles. The zero-order valence-corrected chi connectivity index (χ0v) is 16.7. The average Bonchev–Trinajstić information content (AvgIpc) is 3.14. The molecule has 0 atom stereocenters. The lowest BCUT2D eigenvalue weighted by Crippen LogP contribution is -2.35. The third kappa shape index (κ3) is 3.95. The number of para-hydroxylation sites is 1. The zero-order valence-electron chi connectivity index (χ0n) is 15.1. The van der Waals surface area contributed by atoms with E-state index in [1.54, 1.807) is 12.1 Å². The molecule has 11 heteroatoms. The van der Waals surface area contributed by atoms with Crippen LogP contribution in [0.2, 0.25) is 5.02 Å². The number of nitro benzene ring substituents is 1. The van der Waals surface area contributed by atoms with Gasteiger partial charge in [0.2, 0.25) is 5.17 Å². The van der Waals surface area contributed by atoms with E-state index in [0.717, 1.165) is 11.8 Å². The van der Waals surface area contributed by atoms with Gasteiger partial charge in [-0.05, 0) is 36.0 Å². The van der Waals surface area contributed by atoms with Crippen LogP contribution in [0, 0.1) is 15.5 Å². The standard InChI is InChI=1S/C19H12ClN5O4S/c20-15-7-6-12(25(27)28)8-11(15)9-14-17(21)24-19(22-18(14)26)30-16(23-24)10-29-13-4-2-1-3-5-13/h1-9,21H,10H2/b14-9-,21-17?. The summed E-state index contributed by atoms with van der Waals surface area (Å²) in [7, 11) is 0. The van der Waals surface area contributed by atoms with Crippen LogP contribution in [0.5, 0.6) is 5.75 Å². The van der Waals surface area contributed by atoms with Gasteiger partial charge in [-0.3, -0.25) is 20.3 Å². The quantitative estimate of drug-likeness (QED) is 0.426. The van der Waals surface area contributed by atoms with Crippen molar-refractivity contribution in [2.75, 3.05) is 6.61 Å². The van der Waals surface area contributed by atoms with Crippen molar-refractivity contribution in [1.29, 1.82) is 5.41 Å². The van der Waals surface area contributed by atoms with Gasteiger partial charge in [0.15, 0.2) is 5.84 Å². The monoisotopic (exact) mass is 441 g/mol. The number of amides is 1. The molecule has 0 aliphatic carbocycles. The zero-order chi connectivity index (χ0) is 21.3. The molecular weight excluding hydrogens is 430 g/mol. The number of ether oxygens (including phenoxy) is 1. The topological polar surface area (TPSA) is 121 Å². The van der Waals surface area contributed by atoms with Crippen LogP contribution in [0.1, 0.15) is 5.56 Å². The summed E-state index contributed by atoms with van der Waals surface area (Å²) in [5.74, 6) is -0.184. The van der Waals surface area contributed by atoms with Crippen LogP contribution in [0.15, 0.2) is 64.2 Å². The Kier molecular flexibility index (Phi) is 5.34. The number of nitro groups is 1. The Bertz CT molecular complexity index is 1160. The molecule has 0 aromatic heterocycles. The molecule has 0 saturated heterocycles. The molecule has 2 aromatic rings. The van der Waals surface area contributed by atoms with Crippen molar-refractivity contribution in [3.63, 3.8) is 0 Å². The van der Waals surface area contributed by atoms with Crippen molar-refractivity contribution in [3.05, 3.63) is 74.8 Å². The highest BCUT2D eigenvalue weighted by molar-refractivity contribution is 8.27. The number of fused-ring (bicyclic) bond motifs is 1. The number of carbonyl (C=O) groups excluding carboxylic acids is 1. The molecule has 2 aromatic carbocycles. The minimum absolute atomic E-state index is 0.0734. The van der Waals surface area contributed by atoms with Crippen molar-refractivity contribution in [2.24, 2.45) is 10.1 Å². The second-order valence-corrected chi connectivity index (χ2v) is 7.53. The third-order valence-corrected chi connectivity index (χ3v) is 5.32. The summed E-state index contributed by atoms with van der Waals surface area (Å²) in [4.78, 5) is 26.9. The Hall–Kier alpha value is -3.50. The molecule has 9 nitrogen and oxygen atoms in total. The van der Waals surface area contributed by atoms with Gasteiger partial charge in [-0.2, -0.15) is 15.1 Å². The number of nitrogens with one attached hydrogen (secondary N) is 1. The fourth-order valence-electron chi connectivity index (χ4n) is 2.66. The van der Waals surface area contributed by atoms with E-state index in [4.69, 9.17) is 21.7 Å². The number of rotatable bonds is 5. The Morgan fingerprint density at radius 3 is 2.77 bits per heavy atom. The van der Waals surface area contributed by atoms with E-state index in [-0.39, 0.29) is 39.5 Å². The Morgan fingerprint density at radius 1 is 1.27 bits per heavy atom. The van der Waals surface area contributed by atoms with Crippen LogP contribution in [0.4, 0.5) is 5.69 Å². The summed E-state index contributed by atoms with van der Waals surface area (Å²) in [5, 5.41) is 25.9. The second-order valence-electron chi connectivity index (χ2n) is 6.08. The van der Waals surface area contributed by atoms with Gasteiger partial charge in [0.05, 0.1) is 10.5 Å². The van der Waals surface area contributed by atoms with Crippen molar-refractivity contribution in [1.82, 2.24) is 5.01 Å². The van der Waals surface area contributed by atoms with Crippen LogP contribution in [-0.2, 0) is 4.79 Å². The molecule has 150 valence electrons. The lowest BCUT2D eigenvalue weighted by molar-refractivity contribution is -0.384. The highest BCUT2D eigenvalue weighted by Gasteiger charge is 2.36. The molecule has 2 aliphatic heterocycles. The number of hydrogen-bond acceptors (Lipinski definition) is 7. The molecule has 30 heavy (non-hydrogen) atoms. The van der Waals surface area contributed by atoms with E-state index < -0.39 is 10.8 Å². The highest BCUT2D eigenvalue weighted by Crippen LogP contribution is 2.30. The minimum Gasteiger partial charge on any atom is -0.487 e. The van der Waals surface area contributed by atoms with Gasteiger partial charge in [0.1, 0.15) is 17.4 Å². The van der Waals surface area contributed by atoms with Crippen molar-refractivity contribution >= 4 is 57.1 Å². The molecule has 0 radical (unpaired) electrons. The van der Waals surface area contributed by atoms with Gasteiger partial charge in [0, 0.05) is 22.7 Å². The number of halogens is 1. The van der Waals surface area contributed by atoms with E-state index in [1.165, 1.54) is 29.3 Å². The molecular formula is C19H12ClN5O4S. The fourth-order valence-corrected chi connectivity index (χ4v) is 3.63. The van der Waals surface area contributed by atoms with E-state index in [0.29, 0.717) is 10.8 Å². The Morgan fingerprint density at radius 2 is 2.03 bits per heavy atom. The first-order chi connectivity index (χ1) is 14.4. The first-order valence-corrected chi connectivity index (χ1v) is 9.73. The second kappa shape index (κ2) is 8.09. The highest BCUT2D eigenvalue weighted by atomic mass is 35.5. The van der Waals surface area contributed by atoms with Gasteiger partial charge in [0.25, 0.3) is 11.6 Å². The van der Waals surface area contributed by atoms with Crippen molar-refractivity contribution < 1.29 is 14.5 Å². The van der Waals surface area contributed by atoms with Crippen LogP contribution in [0.25, 0.3) is 6.08 Å². The maximum Gasteiger partial charge on any atom is 0.283 e. The summed E-state index contributed by atoms with van der Waals surface area (Å²) < 4.78 is 5.65. The predicted molar refractivity (Wildman–Crippen MR) is 115 cm³/mol. The maximum absolute atomic E-state index is 12.5. The molecule has 4 rings (SSSR count). The summed E-state index contributed by atoms with van der Waals surface area (Å²) >= 11 is 7.24. The van der Waals surface area contributed by atoms with E-state index in [9.17, 15) is 14.9 Å². The number of non-ortho nitro benzene ring substituents is 1. The molecule has 0 unspecified atom stereocenters. The van der Waals surface area contributed by atoms with Crippen molar-refractivity contribution in [3.8, 4) is 5.75 Å². The molecule has 0 bridgehead atoms. The van der Waals surface area contributed by atoms with Crippen LogP contribution in [0.3, 0.4) is 0 Å². The van der Waals surface area contributed by atoms with E-state index >= 15 is 0 Å². The lowest BCUT2D eigenvalue weighted by atomic mass is 10.1. The molecule has 1 amide bonds. The number of benzene rings is 2. The normalized spacial score (nSPS) is 17.0. The number of nitrogens with zero attached hydrogens (tertiary/aromatic N) is 4. The van der Waals surface area contributed by atoms with Gasteiger partial charge < -0.3 is 4.74 Å². The lowest BCUT2D eigenvalue weighted by Gasteiger charge is -2.20. The molecule has 1 N–H and O–H groups in total. The number of thioether (sulfide) groups is 1. The minimum atomic E-state index is -0.651. The van der Waals surface area contributed by atoms with Gasteiger partial charge >= 0.3 is 0 Å². The van der Waals surface area contributed by atoms with E-state index in [1.807, 2.05) is 18.2 Å². The fraction of sp³-hybridized carbons (Fsp3) is 0.0526. The molecule has 2 aliphatic rings. The predicted octanol–water partition coefficient (Wildman–Crippen LogP) is 3.95. The average molecular weight is 442 g/mol. The van der Waals surface area contributed by atoms with Crippen LogP contribution in [-0.4, -0.2) is 38.5 Å². The smallest absolute Gasteiger partial charge is 0.283 e. The molecule has 0 fully saturated rings. The van der Waals surface area contributed by atoms with Crippen LogP contribution >= 0.6 is 23.4 Å². The largest absolute Gasteiger partial charge is 0.487 e. The number of carbonyl (C=O) groups is 1. The van der Waals surface area contributed by atoms with Gasteiger partial charge in [-0.25, -0.2) is 0 Å². The van der Waals surface area contributed by atoms with E-state index in [2.05, 4.69) is 10.1 Å². The SMILES string of the molecule is N=C1/C(=C/c2cc([N+](=O)[O-])ccc2Cl)C(=O)N=C2SC(COc3ccccc3)=NN12. The van der Waals surface area contributed by atoms with Gasteiger partial charge in [-0.1, -0.05) is 29.8 Å². The number of hydrazone groups is 1. The summed E-state index contributed by atoms with van der Waals surface area (Å²) in [6, 6.07) is 13.0. The Labute approximate surface area is 179 Å². The van der Waals surface area contributed by atoms with Crippen LogP contribution < -0.4 is 4.74 Å².